The van der Waals surface area contributed by atoms with Crippen molar-refractivity contribution in [3.05, 3.63) is 23.9 Å². The van der Waals surface area contributed by atoms with Crippen LogP contribution in [-0.2, 0) is 4.74 Å². The van der Waals surface area contributed by atoms with Crippen LogP contribution < -0.4 is 4.90 Å². The summed E-state index contributed by atoms with van der Waals surface area (Å²) in [5, 5.41) is 9.70. The number of rotatable bonds is 3. The van der Waals surface area contributed by atoms with Gasteiger partial charge in [0.25, 0.3) is 0 Å². The van der Waals surface area contributed by atoms with Crippen molar-refractivity contribution in [1.29, 1.82) is 0 Å². The van der Waals surface area contributed by atoms with E-state index < -0.39 is 6.10 Å². The molecule has 16 heavy (non-hydrogen) atoms. The van der Waals surface area contributed by atoms with E-state index in [0.29, 0.717) is 6.04 Å². The normalized spacial score (nSPS) is 22.1. The van der Waals surface area contributed by atoms with Gasteiger partial charge in [-0.15, -0.1) is 0 Å². The monoisotopic (exact) mass is 222 g/mol. The Morgan fingerprint density at radius 1 is 1.62 bits per heavy atom. The fraction of sp³-hybridized carbons (Fsp3) is 0.583. The van der Waals surface area contributed by atoms with Crippen LogP contribution in [0.3, 0.4) is 0 Å². The van der Waals surface area contributed by atoms with Gasteiger partial charge in [-0.05, 0) is 19.4 Å². The minimum atomic E-state index is -0.492. The highest BCUT2D eigenvalue weighted by atomic mass is 16.5. The molecule has 0 aromatic carbocycles. The van der Waals surface area contributed by atoms with Crippen molar-refractivity contribution in [3.8, 4) is 0 Å². The molecule has 0 amide bonds. The summed E-state index contributed by atoms with van der Waals surface area (Å²) in [4.78, 5) is 6.46. The lowest BCUT2D eigenvalue weighted by molar-refractivity contribution is 0.192. The number of nitrogens with zero attached hydrogens (tertiary/aromatic N) is 2. The summed E-state index contributed by atoms with van der Waals surface area (Å²) < 4.78 is 5.37. The highest BCUT2D eigenvalue weighted by Crippen LogP contribution is 2.26. The smallest absolute Gasteiger partial charge is 0.134 e. The fourth-order valence-electron chi connectivity index (χ4n) is 2.03. The first-order chi connectivity index (χ1) is 7.70. The summed E-state index contributed by atoms with van der Waals surface area (Å²) in [6.45, 7) is 3.32. The van der Waals surface area contributed by atoms with Crippen molar-refractivity contribution in [3.63, 3.8) is 0 Å². The molecule has 0 saturated carbocycles. The van der Waals surface area contributed by atoms with Crippen molar-refractivity contribution in [1.82, 2.24) is 4.98 Å². The maximum atomic E-state index is 9.70. The van der Waals surface area contributed by atoms with Gasteiger partial charge in [-0.25, -0.2) is 4.98 Å². The van der Waals surface area contributed by atoms with E-state index in [0.717, 1.165) is 31.0 Å². The number of aliphatic hydroxyl groups is 1. The van der Waals surface area contributed by atoms with E-state index in [1.165, 1.54) is 0 Å². The molecule has 88 valence electrons. The summed E-state index contributed by atoms with van der Waals surface area (Å²) in [5.74, 6) is 0.855. The van der Waals surface area contributed by atoms with E-state index in [1.54, 1.807) is 13.1 Å². The number of likely N-dealkylation sites (N-methyl/N-ethyl adjacent to an activating group) is 1. The molecule has 2 unspecified atom stereocenters. The Labute approximate surface area is 95.9 Å². The molecule has 0 spiro atoms. The lowest BCUT2D eigenvalue weighted by atomic mass is 10.1. The maximum absolute atomic E-state index is 9.70. The van der Waals surface area contributed by atoms with Crippen LogP contribution in [0.15, 0.2) is 18.3 Å². The number of aromatic nitrogens is 1. The van der Waals surface area contributed by atoms with Gasteiger partial charge < -0.3 is 14.7 Å². The first kappa shape index (κ1) is 11.4. The maximum Gasteiger partial charge on any atom is 0.134 e. The predicted octanol–water partition coefficient (Wildman–Crippen LogP) is 1.36. The summed E-state index contributed by atoms with van der Waals surface area (Å²) in [6, 6.07) is 4.14. The van der Waals surface area contributed by atoms with Gasteiger partial charge in [-0.1, -0.05) is 6.07 Å². The molecule has 0 radical (unpaired) electrons. The molecule has 0 aliphatic carbocycles. The number of anilines is 1. The minimum Gasteiger partial charge on any atom is -0.389 e. The molecular weight excluding hydrogens is 204 g/mol. The van der Waals surface area contributed by atoms with Gasteiger partial charge in [0.05, 0.1) is 18.8 Å². The van der Waals surface area contributed by atoms with Gasteiger partial charge in [-0.3, -0.25) is 0 Å². The van der Waals surface area contributed by atoms with Crippen molar-refractivity contribution >= 4 is 5.82 Å². The van der Waals surface area contributed by atoms with E-state index in [9.17, 15) is 5.11 Å². The highest BCUT2D eigenvalue weighted by Gasteiger charge is 2.23. The SMILES string of the molecule is CC(O)c1cccnc1N(C)C1CCOC1. The van der Waals surface area contributed by atoms with Gasteiger partial charge in [0, 0.05) is 25.4 Å². The number of pyridine rings is 1. The topological polar surface area (TPSA) is 45.6 Å². The quantitative estimate of drug-likeness (QED) is 0.838. The Kier molecular flexibility index (Phi) is 3.41. The van der Waals surface area contributed by atoms with Crippen LogP contribution in [-0.4, -0.2) is 36.4 Å². The van der Waals surface area contributed by atoms with Gasteiger partial charge in [-0.2, -0.15) is 0 Å². The molecule has 1 N–H and O–H groups in total. The van der Waals surface area contributed by atoms with Gasteiger partial charge in [0.15, 0.2) is 0 Å². The third-order valence-electron chi connectivity index (χ3n) is 3.05. The van der Waals surface area contributed by atoms with Crippen molar-refractivity contribution < 1.29 is 9.84 Å². The lowest BCUT2D eigenvalue weighted by Gasteiger charge is -2.27. The summed E-state index contributed by atoms with van der Waals surface area (Å²) >= 11 is 0. The first-order valence-corrected chi connectivity index (χ1v) is 5.63. The van der Waals surface area contributed by atoms with Crippen LogP contribution >= 0.6 is 0 Å². The van der Waals surface area contributed by atoms with Gasteiger partial charge in [0.2, 0.25) is 0 Å². The van der Waals surface area contributed by atoms with E-state index >= 15 is 0 Å². The molecule has 1 saturated heterocycles. The molecule has 0 bridgehead atoms. The van der Waals surface area contributed by atoms with E-state index in [-0.39, 0.29) is 0 Å². The standard InChI is InChI=1S/C12H18N2O2/c1-9(15)11-4-3-6-13-12(11)14(2)10-5-7-16-8-10/h3-4,6,9-10,15H,5,7-8H2,1-2H3. The molecule has 4 heteroatoms. The van der Waals surface area contributed by atoms with Crippen LogP contribution in [0.5, 0.6) is 0 Å². The van der Waals surface area contributed by atoms with E-state index in [2.05, 4.69) is 9.88 Å². The van der Waals surface area contributed by atoms with Crippen LogP contribution in [0, 0.1) is 0 Å². The molecular formula is C12H18N2O2. The Hall–Kier alpha value is -1.13. The second-order valence-corrected chi connectivity index (χ2v) is 4.22. The largest absolute Gasteiger partial charge is 0.389 e. The molecule has 1 aromatic heterocycles. The predicted molar refractivity (Wildman–Crippen MR) is 62.5 cm³/mol. The van der Waals surface area contributed by atoms with Gasteiger partial charge >= 0.3 is 0 Å². The molecule has 2 atom stereocenters. The number of ether oxygens (including phenoxy) is 1. The number of hydrogen-bond acceptors (Lipinski definition) is 4. The molecule has 2 heterocycles. The van der Waals surface area contributed by atoms with E-state index in [4.69, 9.17) is 4.74 Å². The lowest BCUT2D eigenvalue weighted by Crippen LogP contribution is -2.33. The van der Waals surface area contributed by atoms with Crippen LogP contribution in [0.2, 0.25) is 0 Å². The first-order valence-electron chi connectivity index (χ1n) is 5.63. The van der Waals surface area contributed by atoms with Gasteiger partial charge in [0.1, 0.15) is 5.82 Å². The zero-order valence-corrected chi connectivity index (χ0v) is 9.76. The molecule has 4 nitrogen and oxygen atoms in total. The second kappa shape index (κ2) is 4.80. The number of hydrogen-bond donors (Lipinski definition) is 1. The molecule has 2 rings (SSSR count). The molecule has 1 aromatic rings. The van der Waals surface area contributed by atoms with E-state index in [1.807, 2.05) is 19.2 Å². The average Bonchev–Trinajstić information content (AvgIpc) is 2.81. The van der Waals surface area contributed by atoms with Crippen LogP contribution in [0.25, 0.3) is 0 Å². The summed E-state index contributed by atoms with van der Waals surface area (Å²) in [6.07, 6.45) is 2.29. The van der Waals surface area contributed by atoms with Crippen LogP contribution in [0.4, 0.5) is 5.82 Å². The molecule has 1 fully saturated rings. The highest BCUT2D eigenvalue weighted by molar-refractivity contribution is 5.48. The number of aliphatic hydroxyl groups excluding tert-OH is 1. The Balaban J connectivity index is 2.24. The average molecular weight is 222 g/mol. The second-order valence-electron chi connectivity index (χ2n) is 4.22. The molecule has 1 aliphatic rings. The Bertz CT molecular complexity index is 349. The summed E-state index contributed by atoms with van der Waals surface area (Å²) in [5.41, 5.74) is 0.872. The third-order valence-corrected chi connectivity index (χ3v) is 3.05. The zero-order valence-electron chi connectivity index (χ0n) is 9.76. The molecule has 1 aliphatic heterocycles. The Morgan fingerprint density at radius 3 is 3.06 bits per heavy atom. The van der Waals surface area contributed by atoms with Crippen molar-refractivity contribution in [2.75, 3.05) is 25.2 Å². The van der Waals surface area contributed by atoms with Crippen molar-refractivity contribution in [2.45, 2.75) is 25.5 Å². The van der Waals surface area contributed by atoms with Crippen LogP contribution in [0.1, 0.15) is 25.0 Å². The zero-order chi connectivity index (χ0) is 11.5. The fourth-order valence-corrected chi connectivity index (χ4v) is 2.03. The van der Waals surface area contributed by atoms with Crippen molar-refractivity contribution in [2.24, 2.45) is 0 Å². The third kappa shape index (κ3) is 2.18. The minimum absolute atomic E-state index is 0.368. The Morgan fingerprint density at radius 2 is 2.44 bits per heavy atom. The summed E-state index contributed by atoms with van der Waals surface area (Å²) in [7, 11) is 2.01.